The number of carbonyl (C=O) groups is 1. The molecule has 0 amide bonds. The molecule has 3 rings (SSSR count). The molecule has 1 fully saturated rings. The van der Waals surface area contributed by atoms with Crippen LogP contribution in [0.2, 0.25) is 0 Å². The van der Waals surface area contributed by atoms with Gasteiger partial charge in [-0.2, -0.15) is 0 Å². The van der Waals surface area contributed by atoms with Crippen molar-refractivity contribution in [2.45, 2.75) is 32.6 Å². The van der Waals surface area contributed by atoms with Gasteiger partial charge in [0.05, 0.1) is 5.56 Å². The van der Waals surface area contributed by atoms with Crippen molar-refractivity contribution in [1.82, 2.24) is 5.32 Å². The summed E-state index contributed by atoms with van der Waals surface area (Å²) in [5.41, 5.74) is 3.46. The molecule has 29 heavy (non-hydrogen) atoms. The quantitative estimate of drug-likeness (QED) is 0.586. The summed E-state index contributed by atoms with van der Waals surface area (Å²) in [4.78, 5) is 10.8. The summed E-state index contributed by atoms with van der Waals surface area (Å²) in [6.45, 7) is 13.6. The number of piperidine rings is 1. The molecule has 0 radical (unpaired) electrons. The van der Waals surface area contributed by atoms with E-state index in [2.05, 4.69) is 48.8 Å². The van der Waals surface area contributed by atoms with Crippen LogP contribution >= 0.6 is 0 Å². The van der Waals surface area contributed by atoms with E-state index < -0.39 is 5.97 Å². The fourth-order valence-corrected chi connectivity index (χ4v) is 3.12. The molecule has 0 aromatic heterocycles. The van der Waals surface area contributed by atoms with Crippen LogP contribution in [0.15, 0.2) is 86.0 Å². The van der Waals surface area contributed by atoms with Crippen LogP contribution in [0.3, 0.4) is 0 Å². The molecule has 0 atom stereocenters. The summed E-state index contributed by atoms with van der Waals surface area (Å²) in [7, 11) is 0. The molecule has 154 valence electrons. The minimum Gasteiger partial charge on any atom is -0.478 e. The Morgan fingerprint density at radius 1 is 1.00 bits per heavy atom. The summed E-state index contributed by atoms with van der Waals surface area (Å²) in [6, 6.07) is 17.6. The molecule has 2 aromatic rings. The van der Waals surface area contributed by atoms with Crippen LogP contribution in [-0.4, -0.2) is 24.2 Å². The highest BCUT2D eigenvalue weighted by Crippen LogP contribution is 2.24. The third-order valence-corrected chi connectivity index (χ3v) is 4.57. The second kappa shape index (κ2) is 14.1. The lowest BCUT2D eigenvalue weighted by Gasteiger charge is -2.22. The standard InChI is InChI=1S/C13H12O2.C11H15N.C2H6/c1-3-6-10(4-2)11-7-5-8-12(9-11)13(14)15;1-2-4-10(5-3-1)11-6-8-12-9-7-11;1-2/h3-9H,1-2H2,(H,14,15);1-5,11-12H,6-9H2;1-2H3/b10-6+;;. The average Bonchev–Trinajstić information content (AvgIpc) is 2.80. The normalized spacial score (nSPS) is 13.8. The van der Waals surface area contributed by atoms with Gasteiger partial charge in [-0.15, -0.1) is 0 Å². The van der Waals surface area contributed by atoms with E-state index in [9.17, 15) is 4.79 Å². The van der Waals surface area contributed by atoms with Gasteiger partial charge in [0.15, 0.2) is 0 Å². The summed E-state index contributed by atoms with van der Waals surface area (Å²) >= 11 is 0. The van der Waals surface area contributed by atoms with E-state index in [0.29, 0.717) is 0 Å². The molecule has 2 aromatic carbocycles. The Morgan fingerprint density at radius 2 is 1.62 bits per heavy atom. The zero-order valence-corrected chi connectivity index (χ0v) is 17.6. The van der Waals surface area contributed by atoms with E-state index >= 15 is 0 Å². The molecular weight excluding hydrogens is 358 g/mol. The first-order chi connectivity index (χ1) is 14.2. The van der Waals surface area contributed by atoms with Gasteiger partial charge in [-0.1, -0.05) is 87.7 Å². The van der Waals surface area contributed by atoms with Gasteiger partial charge in [-0.05, 0) is 60.7 Å². The van der Waals surface area contributed by atoms with Gasteiger partial charge in [-0.25, -0.2) is 4.79 Å². The number of nitrogens with one attached hydrogen (secondary N) is 1. The third-order valence-electron chi connectivity index (χ3n) is 4.57. The van der Waals surface area contributed by atoms with Gasteiger partial charge in [0.1, 0.15) is 0 Å². The van der Waals surface area contributed by atoms with Crippen LogP contribution in [0.25, 0.3) is 5.57 Å². The minimum absolute atomic E-state index is 0.268. The number of carboxylic acids is 1. The first-order valence-corrected chi connectivity index (χ1v) is 10.2. The monoisotopic (exact) mass is 391 g/mol. The topological polar surface area (TPSA) is 49.3 Å². The van der Waals surface area contributed by atoms with E-state index in [1.165, 1.54) is 31.5 Å². The number of benzene rings is 2. The largest absolute Gasteiger partial charge is 0.478 e. The molecule has 3 heteroatoms. The fraction of sp³-hybridized carbons (Fsp3) is 0.269. The van der Waals surface area contributed by atoms with E-state index in [0.717, 1.165) is 17.1 Å². The predicted molar refractivity (Wildman–Crippen MR) is 124 cm³/mol. The highest BCUT2D eigenvalue weighted by Gasteiger charge is 2.13. The predicted octanol–water partition coefficient (Wildman–Crippen LogP) is 6.32. The first kappa shape index (κ1) is 24.1. The molecule has 0 spiro atoms. The van der Waals surface area contributed by atoms with E-state index in [1.54, 1.807) is 36.4 Å². The average molecular weight is 392 g/mol. The SMILES string of the molecule is C=C/C=C(\C=C)c1cccc(C(=O)O)c1.CC.c1ccc(C2CCNCC2)cc1. The number of carboxylic acid groups (broad SMARTS) is 1. The van der Waals surface area contributed by atoms with Crippen molar-refractivity contribution in [1.29, 1.82) is 0 Å². The van der Waals surface area contributed by atoms with Crippen LogP contribution in [0.5, 0.6) is 0 Å². The Labute approximate surface area is 175 Å². The third kappa shape index (κ3) is 8.32. The molecule has 1 aliphatic heterocycles. The molecule has 1 aliphatic rings. The van der Waals surface area contributed by atoms with E-state index in [1.807, 2.05) is 19.9 Å². The maximum atomic E-state index is 10.8. The zero-order valence-electron chi connectivity index (χ0n) is 17.6. The van der Waals surface area contributed by atoms with Crippen molar-refractivity contribution in [3.8, 4) is 0 Å². The zero-order chi connectivity index (χ0) is 21.5. The van der Waals surface area contributed by atoms with Gasteiger partial charge in [0, 0.05) is 0 Å². The molecule has 0 unspecified atom stereocenters. The Balaban J connectivity index is 0.000000272. The number of hydrogen-bond acceptors (Lipinski definition) is 2. The summed E-state index contributed by atoms with van der Waals surface area (Å²) in [6.07, 6.45) is 7.69. The Morgan fingerprint density at radius 3 is 2.17 bits per heavy atom. The van der Waals surface area contributed by atoms with E-state index in [-0.39, 0.29) is 5.56 Å². The molecule has 1 heterocycles. The maximum absolute atomic E-state index is 10.8. The Kier molecular flexibility index (Phi) is 11.8. The van der Waals surface area contributed by atoms with Crippen molar-refractivity contribution >= 4 is 11.5 Å². The molecule has 0 aliphatic carbocycles. The highest BCUT2D eigenvalue weighted by molar-refractivity contribution is 5.89. The second-order valence-corrected chi connectivity index (χ2v) is 6.38. The lowest BCUT2D eigenvalue weighted by atomic mass is 9.90. The van der Waals surface area contributed by atoms with Crippen molar-refractivity contribution < 1.29 is 9.90 Å². The summed E-state index contributed by atoms with van der Waals surface area (Å²) in [5, 5.41) is 12.2. The van der Waals surface area contributed by atoms with Gasteiger partial charge < -0.3 is 10.4 Å². The van der Waals surface area contributed by atoms with Crippen molar-refractivity contribution in [2.75, 3.05) is 13.1 Å². The molecule has 2 N–H and O–H groups in total. The maximum Gasteiger partial charge on any atom is 0.335 e. The Bertz CT molecular complexity index is 787. The van der Waals surface area contributed by atoms with Gasteiger partial charge >= 0.3 is 5.97 Å². The van der Waals surface area contributed by atoms with Crippen molar-refractivity contribution in [2.24, 2.45) is 0 Å². The van der Waals surface area contributed by atoms with Crippen LogP contribution in [0, 0.1) is 0 Å². The number of allylic oxidation sites excluding steroid dienone is 4. The fourth-order valence-electron chi connectivity index (χ4n) is 3.12. The summed E-state index contributed by atoms with van der Waals surface area (Å²) < 4.78 is 0. The minimum atomic E-state index is -0.932. The highest BCUT2D eigenvalue weighted by atomic mass is 16.4. The number of rotatable bonds is 5. The number of aromatic carboxylic acids is 1. The molecular formula is C26H33NO2. The lowest BCUT2D eigenvalue weighted by Crippen LogP contribution is -2.26. The number of hydrogen-bond donors (Lipinski definition) is 2. The Hall–Kier alpha value is -2.91. The molecule has 0 saturated carbocycles. The van der Waals surface area contributed by atoms with Gasteiger partial charge in [0.25, 0.3) is 0 Å². The van der Waals surface area contributed by atoms with Crippen molar-refractivity contribution in [3.05, 3.63) is 103 Å². The van der Waals surface area contributed by atoms with Crippen LogP contribution in [0.4, 0.5) is 0 Å². The lowest BCUT2D eigenvalue weighted by molar-refractivity contribution is 0.0697. The summed E-state index contributed by atoms with van der Waals surface area (Å²) in [5.74, 6) is -0.133. The van der Waals surface area contributed by atoms with Crippen LogP contribution in [-0.2, 0) is 0 Å². The van der Waals surface area contributed by atoms with Gasteiger partial charge in [-0.3, -0.25) is 0 Å². The van der Waals surface area contributed by atoms with Gasteiger partial charge in [0.2, 0.25) is 0 Å². The smallest absolute Gasteiger partial charge is 0.335 e. The van der Waals surface area contributed by atoms with Crippen LogP contribution < -0.4 is 5.32 Å². The first-order valence-electron chi connectivity index (χ1n) is 10.2. The van der Waals surface area contributed by atoms with Crippen molar-refractivity contribution in [3.63, 3.8) is 0 Å². The second-order valence-electron chi connectivity index (χ2n) is 6.38. The molecule has 1 saturated heterocycles. The van der Waals surface area contributed by atoms with E-state index in [4.69, 9.17) is 5.11 Å². The van der Waals surface area contributed by atoms with Crippen LogP contribution in [0.1, 0.15) is 54.1 Å². The molecule has 3 nitrogen and oxygen atoms in total. The molecule has 0 bridgehead atoms.